The van der Waals surface area contributed by atoms with Crippen molar-refractivity contribution in [3.05, 3.63) is 29.6 Å². The molecule has 1 heterocycles. The Morgan fingerprint density at radius 3 is 2.76 bits per heavy atom. The molecular weight excluding hydrogens is 264 g/mol. The Balaban J connectivity index is 2.26. The number of carbonyl (C=O) groups is 1. The summed E-state index contributed by atoms with van der Waals surface area (Å²) in [6.45, 7) is 6.39. The third-order valence-electron chi connectivity index (χ3n) is 4.03. The Bertz CT molecular complexity index is 631. The van der Waals surface area contributed by atoms with Crippen LogP contribution in [0.1, 0.15) is 68.2 Å². The summed E-state index contributed by atoms with van der Waals surface area (Å²) >= 11 is 0. The minimum absolute atomic E-state index is 0.321. The molecule has 1 unspecified atom stereocenters. The molecule has 114 valence electrons. The molecule has 21 heavy (non-hydrogen) atoms. The fraction of sp³-hybridized carbons (Fsp3) is 0.529. The third-order valence-corrected chi connectivity index (χ3v) is 4.03. The normalized spacial score (nSPS) is 12.7. The highest BCUT2D eigenvalue weighted by molar-refractivity contribution is 5.92. The lowest BCUT2D eigenvalue weighted by molar-refractivity contribution is 0.0697. The SMILES string of the molecule is CCCCCCC(C)n1c(C)nc2ccc(C(=O)O)cc21. The van der Waals surface area contributed by atoms with Crippen LogP contribution in [0, 0.1) is 6.92 Å². The van der Waals surface area contributed by atoms with E-state index in [9.17, 15) is 4.79 Å². The number of aromatic nitrogens is 2. The van der Waals surface area contributed by atoms with E-state index in [1.165, 1.54) is 25.7 Å². The van der Waals surface area contributed by atoms with Crippen molar-refractivity contribution in [3.63, 3.8) is 0 Å². The van der Waals surface area contributed by atoms with E-state index in [-0.39, 0.29) is 0 Å². The van der Waals surface area contributed by atoms with Gasteiger partial charge in [-0.15, -0.1) is 0 Å². The summed E-state index contributed by atoms with van der Waals surface area (Å²) in [4.78, 5) is 15.7. The highest BCUT2D eigenvalue weighted by atomic mass is 16.4. The van der Waals surface area contributed by atoms with E-state index in [0.29, 0.717) is 11.6 Å². The summed E-state index contributed by atoms with van der Waals surface area (Å²) in [5.41, 5.74) is 2.12. The fourth-order valence-electron chi connectivity index (χ4n) is 2.90. The summed E-state index contributed by atoms with van der Waals surface area (Å²) in [7, 11) is 0. The largest absolute Gasteiger partial charge is 0.478 e. The molecule has 2 aromatic rings. The summed E-state index contributed by atoms with van der Waals surface area (Å²) in [6, 6.07) is 5.50. The number of benzene rings is 1. The third kappa shape index (κ3) is 3.43. The smallest absolute Gasteiger partial charge is 0.335 e. The highest BCUT2D eigenvalue weighted by Crippen LogP contribution is 2.25. The standard InChI is InChI=1S/C17H24N2O2/c1-4-5-6-7-8-12(2)19-13(3)18-15-10-9-14(17(20)21)11-16(15)19/h9-12H,4-8H2,1-3H3,(H,20,21). The first-order valence-corrected chi connectivity index (χ1v) is 7.76. The van der Waals surface area contributed by atoms with Crippen molar-refractivity contribution in [1.82, 2.24) is 9.55 Å². The van der Waals surface area contributed by atoms with Crippen molar-refractivity contribution in [2.75, 3.05) is 0 Å². The van der Waals surface area contributed by atoms with Crippen molar-refractivity contribution in [3.8, 4) is 0 Å². The first-order chi connectivity index (χ1) is 10.0. The van der Waals surface area contributed by atoms with Gasteiger partial charge in [-0.1, -0.05) is 32.6 Å². The van der Waals surface area contributed by atoms with Gasteiger partial charge in [0, 0.05) is 6.04 Å². The maximum Gasteiger partial charge on any atom is 0.335 e. The van der Waals surface area contributed by atoms with Crippen LogP contribution in [0.3, 0.4) is 0 Å². The number of imidazole rings is 1. The number of carboxylic acids is 1. The van der Waals surface area contributed by atoms with Crippen LogP contribution >= 0.6 is 0 Å². The minimum atomic E-state index is -0.891. The van der Waals surface area contributed by atoms with Gasteiger partial charge in [-0.3, -0.25) is 0 Å². The predicted molar refractivity (Wildman–Crippen MR) is 84.9 cm³/mol. The monoisotopic (exact) mass is 288 g/mol. The molecule has 0 spiro atoms. The van der Waals surface area contributed by atoms with Gasteiger partial charge in [0.05, 0.1) is 16.6 Å². The molecule has 0 saturated carbocycles. The lowest BCUT2D eigenvalue weighted by atomic mass is 10.1. The van der Waals surface area contributed by atoms with Crippen LogP contribution < -0.4 is 0 Å². The molecule has 2 rings (SSSR count). The summed E-state index contributed by atoms with van der Waals surface area (Å²) in [6.07, 6.45) is 6.08. The van der Waals surface area contributed by atoms with E-state index in [2.05, 4.69) is 23.4 Å². The van der Waals surface area contributed by atoms with Gasteiger partial charge in [0.15, 0.2) is 0 Å². The lowest BCUT2D eigenvalue weighted by Crippen LogP contribution is -2.07. The molecule has 4 heteroatoms. The average Bonchev–Trinajstić information content (AvgIpc) is 2.78. The molecule has 0 aliphatic rings. The average molecular weight is 288 g/mol. The number of hydrogen-bond donors (Lipinski definition) is 1. The molecule has 1 N–H and O–H groups in total. The molecule has 0 aliphatic heterocycles. The Morgan fingerprint density at radius 1 is 1.33 bits per heavy atom. The van der Waals surface area contributed by atoms with Crippen molar-refractivity contribution in [2.45, 2.75) is 58.9 Å². The number of rotatable bonds is 7. The summed E-state index contributed by atoms with van der Waals surface area (Å²) < 4.78 is 2.17. The van der Waals surface area contributed by atoms with E-state index < -0.39 is 5.97 Å². The Labute approximate surface area is 125 Å². The van der Waals surface area contributed by atoms with Crippen LogP contribution in [0.25, 0.3) is 11.0 Å². The zero-order valence-electron chi connectivity index (χ0n) is 13.1. The van der Waals surface area contributed by atoms with E-state index >= 15 is 0 Å². The second-order valence-corrected chi connectivity index (χ2v) is 5.74. The van der Waals surface area contributed by atoms with Crippen LogP contribution in [0.15, 0.2) is 18.2 Å². The van der Waals surface area contributed by atoms with Crippen LogP contribution in [-0.2, 0) is 0 Å². The van der Waals surface area contributed by atoms with Gasteiger partial charge in [-0.05, 0) is 38.5 Å². The molecule has 0 saturated heterocycles. The van der Waals surface area contributed by atoms with Gasteiger partial charge in [0.2, 0.25) is 0 Å². The van der Waals surface area contributed by atoms with E-state index in [0.717, 1.165) is 23.3 Å². The first-order valence-electron chi connectivity index (χ1n) is 7.76. The molecular formula is C17H24N2O2. The zero-order chi connectivity index (χ0) is 15.4. The molecule has 1 aromatic heterocycles. The molecule has 1 atom stereocenters. The topological polar surface area (TPSA) is 55.1 Å². The zero-order valence-corrected chi connectivity index (χ0v) is 13.1. The predicted octanol–water partition coefficient (Wildman–Crippen LogP) is 4.57. The first kappa shape index (κ1) is 15.5. The van der Waals surface area contributed by atoms with E-state index in [1.54, 1.807) is 18.2 Å². The Morgan fingerprint density at radius 2 is 2.10 bits per heavy atom. The number of carboxylic acid groups (broad SMARTS) is 1. The number of fused-ring (bicyclic) bond motifs is 1. The van der Waals surface area contributed by atoms with Crippen molar-refractivity contribution < 1.29 is 9.90 Å². The molecule has 0 aliphatic carbocycles. The molecule has 0 amide bonds. The quantitative estimate of drug-likeness (QED) is 0.759. The summed E-state index contributed by atoms with van der Waals surface area (Å²) in [5, 5.41) is 9.15. The molecule has 0 bridgehead atoms. The van der Waals surface area contributed by atoms with Crippen molar-refractivity contribution in [2.24, 2.45) is 0 Å². The van der Waals surface area contributed by atoms with Gasteiger partial charge >= 0.3 is 5.97 Å². The van der Waals surface area contributed by atoms with Gasteiger partial charge < -0.3 is 9.67 Å². The van der Waals surface area contributed by atoms with E-state index in [4.69, 9.17) is 5.11 Å². The lowest BCUT2D eigenvalue weighted by Gasteiger charge is -2.16. The molecule has 0 fully saturated rings. The second kappa shape index (κ2) is 6.74. The van der Waals surface area contributed by atoms with Crippen LogP contribution in [0.5, 0.6) is 0 Å². The van der Waals surface area contributed by atoms with Crippen molar-refractivity contribution >= 4 is 17.0 Å². The number of aryl methyl sites for hydroxylation is 1. The molecule has 1 aromatic carbocycles. The number of nitrogens with zero attached hydrogens (tertiary/aromatic N) is 2. The van der Waals surface area contributed by atoms with Gasteiger partial charge in [0.25, 0.3) is 0 Å². The fourth-order valence-corrected chi connectivity index (χ4v) is 2.90. The number of aromatic carboxylic acids is 1. The molecule has 0 radical (unpaired) electrons. The Kier molecular flexibility index (Phi) is 4.99. The van der Waals surface area contributed by atoms with E-state index in [1.807, 2.05) is 6.92 Å². The van der Waals surface area contributed by atoms with Gasteiger partial charge in [0.1, 0.15) is 5.82 Å². The minimum Gasteiger partial charge on any atom is -0.478 e. The van der Waals surface area contributed by atoms with Crippen LogP contribution in [0.2, 0.25) is 0 Å². The second-order valence-electron chi connectivity index (χ2n) is 5.74. The number of unbranched alkanes of at least 4 members (excludes halogenated alkanes) is 3. The van der Waals surface area contributed by atoms with Crippen molar-refractivity contribution in [1.29, 1.82) is 0 Å². The Hall–Kier alpha value is -1.84. The highest BCUT2D eigenvalue weighted by Gasteiger charge is 2.15. The number of hydrogen-bond acceptors (Lipinski definition) is 2. The maximum absolute atomic E-state index is 11.1. The summed E-state index contributed by atoms with van der Waals surface area (Å²) in [5.74, 6) is 0.0634. The van der Waals surface area contributed by atoms with Gasteiger partial charge in [-0.25, -0.2) is 9.78 Å². The maximum atomic E-state index is 11.1. The van der Waals surface area contributed by atoms with Crippen LogP contribution in [0.4, 0.5) is 0 Å². The molecule has 4 nitrogen and oxygen atoms in total. The van der Waals surface area contributed by atoms with Gasteiger partial charge in [-0.2, -0.15) is 0 Å². The van der Waals surface area contributed by atoms with Crippen LogP contribution in [-0.4, -0.2) is 20.6 Å².